The Bertz CT molecular complexity index is 778. The van der Waals surface area contributed by atoms with E-state index in [0.717, 1.165) is 16.7 Å². The maximum Gasteiger partial charge on any atom is 0.335 e. The van der Waals surface area contributed by atoms with Gasteiger partial charge in [0, 0.05) is 12.1 Å². The molecule has 1 amide bonds. The van der Waals surface area contributed by atoms with Crippen LogP contribution in [0.25, 0.3) is 6.08 Å². The van der Waals surface area contributed by atoms with E-state index in [-0.39, 0.29) is 5.91 Å². The first kappa shape index (κ1) is 17.5. The van der Waals surface area contributed by atoms with E-state index in [0.29, 0.717) is 24.1 Å². The number of carboxylic acids is 1. The molecule has 0 atom stereocenters. The van der Waals surface area contributed by atoms with Crippen LogP contribution in [0.5, 0.6) is 0 Å². The summed E-state index contributed by atoms with van der Waals surface area (Å²) in [5.74, 6) is -1.06. The van der Waals surface area contributed by atoms with E-state index in [9.17, 15) is 9.59 Å². The second-order valence-electron chi connectivity index (χ2n) is 5.55. The molecule has 0 bridgehead atoms. The standard InChI is InChI=1S/C20H21NO3/c1-3-6-16-7-4-5-8-17(16)19(22)21-12-11-15-10-9-14(2)18(13-15)20(23)24/h3-10,13H,11-12H2,1-2H3,(H,21,22)(H,23,24). The van der Waals surface area contributed by atoms with Crippen LogP contribution in [0.2, 0.25) is 0 Å². The van der Waals surface area contributed by atoms with Crippen LogP contribution >= 0.6 is 0 Å². The Morgan fingerprint density at radius 2 is 1.88 bits per heavy atom. The van der Waals surface area contributed by atoms with Crippen molar-refractivity contribution in [3.63, 3.8) is 0 Å². The Morgan fingerprint density at radius 3 is 2.58 bits per heavy atom. The predicted molar refractivity (Wildman–Crippen MR) is 95.3 cm³/mol. The van der Waals surface area contributed by atoms with Crippen LogP contribution in [0.1, 0.15) is 44.3 Å². The molecular weight excluding hydrogens is 302 g/mol. The maximum atomic E-state index is 12.3. The Hall–Kier alpha value is -2.88. The molecule has 2 aromatic carbocycles. The molecule has 2 aromatic rings. The number of carboxylic acid groups (broad SMARTS) is 1. The number of hydrogen-bond donors (Lipinski definition) is 2. The molecule has 0 heterocycles. The summed E-state index contributed by atoms with van der Waals surface area (Å²) >= 11 is 0. The fraction of sp³-hybridized carbons (Fsp3) is 0.200. The van der Waals surface area contributed by atoms with Gasteiger partial charge in [0.15, 0.2) is 0 Å². The predicted octanol–water partition coefficient (Wildman–Crippen LogP) is 3.70. The number of carbonyl (C=O) groups excluding carboxylic acids is 1. The van der Waals surface area contributed by atoms with Gasteiger partial charge in [0.1, 0.15) is 0 Å². The number of amides is 1. The fourth-order valence-corrected chi connectivity index (χ4v) is 2.50. The largest absolute Gasteiger partial charge is 0.478 e. The Morgan fingerprint density at radius 1 is 1.12 bits per heavy atom. The van der Waals surface area contributed by atoms with Crippen LogP contribution in [-0.4, -0.2) is 23.5 Å². The zero-order chi connectivity index (χ0) is 17.5. The van der Waals surface area contributed by atoms with Crippen molar-refractivity contribution in [3.05, 3.63) is 76.4 Å². The zero-order valence-corrected chi connectivity index (χ0v) is 13.9. The average Bonchev–Trinajstić information content (AvgIpc) is 2.57. The summed E-state index contributed by atoms with van der Waals surface area (Å²) in [6.07, 6.45) is 4.37. The van der Waals surface area contributed by atoms with E-state index in [2.05, 4.69) is 5.32 Å². The average molecular weight is 323 g/mol. The summed E-state index contributed by atoms with van der Waals surface area (Å²) in [6.45, 7) is 4.13. The molecule has 0 spiro atoms. The maximum absolute atomic E-state index is 12.3. The van der Waals surface area contributed by atoms with Crippen molar-refractivity contribution in [1.82, 2.24) is 5.32 Å². The normalized spacial score (nSPS) is 10.8. The van der Waals surface area contributed by atoms with Gasteiger partial charge in [-0.15, -0.1) is 0 Å². The van der Waals surface area contributed by atoms with Gasteiger partial charge in [0.2, 0.25) is 0 Å². The summed E-state index contributed by atoms with van der Waals surface area (Å²) in [4.78, 5) is 23.5. The Kier molecular flexibility index (Phi) is 5.90. The number of rotatable bonds is 6. The molecule has 24 heavy (non-hydrogen) atoms. The van der Waals surface area contributed by atoms with Gasteiger partial charge >= 0.3 is 5.97 Å². The van der Waals surface area contributed by atoms with Crippen molar-refractivity contribution in [2.75, 3.05) is 6.54 Å². The fourth-order valence-electron chi connectivity index (χ4n) is 2.50. The molecule has 0 aromatic heterocycles. The third kappa shape index (κ3) is 4.32. The lowest BCUT2D eigenvalue weighted by Crippen LogP contribution is -2.26. The summed E-state index contributed by atoms with van der Waals surface area (Å²) in [5.41, 5.74) is 3.43. The summed E-state index contributed by atoms with van der Waals surface area (Å²) < 4.78 is 0. The number of hydrogen-bond acceptors (Lipinski definition) is 2. The van der Waals surface area contributed by atoms with Gasteiger partial charge in [-0.1, -0.05) is 42.5 Å². The highest BCUT2D eigenvalue weighted by Gasteiger charge is 2.10. The monoisotopic (exact) mass is 323 g/mol. The van der Waals surface area contributed by atoms with E-state index in [4.69, 9.17) is 5.11 Å². The van der Waals surface area contributed by atoms with Crippen LogP contribution in [0.15, 0.2) is 48.5 Å². The Balaban J connectivity index is 2.01. The first-order chi connectivity index (χ1) is 11.5. The van der Waals surface area contributed by atoms with Crippen molar-refractivity contribution < 1.29 is 14.7 Å². The minimum absolute atomic E-state index is 0.130. The number of aromatic carboxylic acids is 1. The third-order valence-electron chi connectivity index (χ3n) is 3.78. The van der Waals surface area contributed by atoms with Crippen molar-refractivity contribution in [1.29, 1.82) is 0 Å². The first-order valence-corrected chi connectivity index (χ1v) is 7.85. The third-order valence-corrected chi connectivity index (χ3v) is 3.78. The summed E-state index contributed by atoms with van der Waals surface area (Å²) in [7, 11) is 0. The molecule has 0 aliphatic heterocycles. The zero-order valence-electron chi connectivity index (χ0n) is 13.9. The van der Waals surface area contributed by atoms with E-state index >= 15 is 0 Å². The molecule has 2 rings (SSSR count). The van der Waals surface area contributed by atoms with Crippen LogP contribution in [0.4, 0.5) is 0 Å². The molecule has 0 radical (unpaired) electrons. The lowest BCUT2D eigenvalue weighted by molar-refractivity contribution is 0.0695. The highest BCUT2D eigenvalue weighted by molar-refractivity contribution is 5.97. The van der Waals surface area contributed by atoms with Crippen molar-refractivity contribution >= 4 is 18.0 Å². The van der Waals surface area contributed by atoms with Gasteiger partial charge in [-0.05, 0) is 49.1 Å². The summed E-state index contributed by atoms with van der Waals surface area (Å²) in [5, 5.41) is 12.0. The van der Waals surface area contributed by atoms with Crippen molar-refractivity contribution in [3.8, 4) is 0 Å². The second kappa shape index (κ2) is 8.11. The highest BCUT2D eigenvalue weighted by Crippen LogP contribution is 2.13. The van der Waals surface area contributed by atoms with Gasteiger partial charge in [0.05, 0.1) is 5.56 Å². The van der Waals surface area contributed by atoms with Crippen LogP contribution in [0, 0.1) is 6.92 Å². The minimum atomic E-state index is -0.932. The molecule has 4 nitrogen and oxygen atoms in total. The summed E-state index contributed by atoms with van der Waals surface area (Å²) in [6, 6.07) is 12.8. The van der Waals surface area contributed by atoms with Gasteiger partial charge in [-0.3, -0.25) is 4.79 Å². The Labute approximate surface area is 141 Å². The number of carbonyl (C=O) groups is 2. The molecule has 0 saturated heterocycles. The lowest BCUT2D eigenvalue weighted by atomic mass is 10.0. The van der Waals surface area contributed by atoms with Crippen LogP contribution < -0.4 is 5.32 Å². The SMILES string of the molecule is CC=Cc1ccccc1C(=O)NCCc1ccc(C)c(C(=O)O)c1. The quantitative estimate of drug-likeness (QED) is 0.852. The lowest BCUT2D eigenvalue weighted by Gasteiger charge is -2.09. The van der Waals surface area contributed by atoms with E-state index in [1.807, 2.05) is 43.3 Å². The molecule has 0 unspecified atom stereocenters. The van der Waals surface area contributed by atoms with Crippen LogP contribution in [0.3, 0.4) is 0 Å². The smallest absolute Gasteiger partial charge is 0.335 e. The van der Waals surface area contributed by atoms with E-state index in [1.54, 1.807) is 25.1 Å². The number of nitrogens with one attached hydrogen (secondary N) is 1. The molecule has 0 aliphatic rings. The number of benzene rings is 2. The van der Waals surface area contributed by atoms with E-state index in [1.165, 1.54) is 0 Å². The minimum Gasteiger partial charge on any atom is -0.478 e. The van der Waals surface area contributed by atoms with Gasteiger partial charge in [0.25, 0.3) is 5.91 Å². The van der Waals surface area contributed by atoms with E-state index < -0.39 is 5.97 Å². The molecule has 0 fully saturated rings. The van der Waals surface area contributed by atoms with Gasteiger partial charge in [-0.25, -0.2) is 4.79 Å². The van der Waals surface area contributed by atoms with Gasteiger partial charge < -0.3 is 10.4 Å². The topological polar surface area (TPSA) is 66.4 Å². The first-order valence-electron chi connectivity index (χ1n) is 7.85. The molecule has 4 heteroatoms. The van der Waals surface area contributed by atoms with Crippen molar-refractivity contribution in [2.24, 2.45) is 0 Å². The number of aryl methyl sites for hydroxylation is 1. The van der Waals surface area contributed by atoms with Crippen molar-refractivity contribution in [2.45, 2.75) is 20.3 Å². The molecule has 0 saturated carbocycles. The van der Waals surface area contributed by atoms with Crippen LogP contribution in [-0.2, 0) is 6.42 Å². The second-order valence-corrected chi connectivity index (χ2v) is 5.55. The molecule has 2 N–H and O–H groups in total. The highest BCUT2D eigenvalue weighted by atomic mass is 16.4. The van der Waals surface area contributed by atoms with Gasteiger partial charge in [-0.2, -0.15) is 0 Å². The molecule has 0 aliphatic carbocycles. The molecular formula is C20H21NO3. The molecule has 124 valence electrons. The number of allylic oxidation sites excluding steroid dienone is 1.